The van der Waals surface area contributed by atoms with Crippen LogP contribution < -0.4 is 0 Å². The number of hydrogen-bond acceptors (Lipinski definition) is 0. The topological polar surface area (TPSA) is 0 Å². The van der Waals surface area contributed by atoms with Gasteiger partial charge in [0, 0.05) is 11.3 Å². The smallest absolute Gasteiger partial charge is 0.0281 e. The lowest BCUT2D eigenvalue weighted by molar-refractivity contribution is 0.587. The van der Waals surface area contributed by atoms with Gasteiger partial charge in [-0.05, 0) is 54.5 Å². The number of benzene rings is 1. The predicted molar refractivity (Wildman–Crippen MR) is 102 cm³/mol. The Morgan fingerprint density at radius 2 is 1.78 bits per heavy atom. The zero-order chi connectivity index (χ0) is 16.6. The van der Waals surface area contributed by atoms with E-state index in [1.165, 1.54) is 53.5 Å². The molecule has 0 fully saturated rings. The van der Waals surface area contributed by atoms with Gasteiger partial charge in [0.05, 0.1) is 0 Å². The van der Waals surface area contributed by atoms with E-state index in [0.29, 0.717) is 5.92 Å². The van der Waals surface area contributed by atoms with E-state index in [1.807, 2.05) is 0 Å². The maximum Gasteiger partial charge on any atom is 0.0281 e. The summed E-state index contributed by atoms with van der Waals surface area (Å²) < 4.78 is 0. The number of unbranched alkanes of at least 4 members (excludes halogenated alkanes) is 2. The molecule has 0 saturated heterocycles. The van der Waals surface area contributed by atoms with Crippen molar-refractivity contribution in [1.82, 2.24) is 0 Å². The average molecular weight is 306 g/mol. The maximum atomic E-state index is 2.55. The minimum absolute atomic E-state index is 0.202. The van der Waals surface area contributed by atoms with Gasteiger partial charge in [-0.15, -0.1) is 0 Å². The third kappa shape index (κ3) is 2.84. The van der Waals surface area contributed by atoms with Gasteiger partial charge in [-0.3, -0.25) is 0 Å². The molecular formula is C23H30. The summed E-state index contributed by atoms with van der Waals surface area (Å²) in [6.07, 6.45) is 10.2. The summed E-state index contributed by atoms with van der Waals surface area (Å²) >= 11 is 0. The third-order valence-corrected chi connectivity index (χ3v) is 5.87. The first kappa shape index (κ1) is 16.3. The van der Waals surface area contributed by atoms with E-state index in [9.17, 15) is 0 Å². The Hall–Kier alpha value is -1.56. The van der Waals surface area contributed by atoms with E-state index in [2.05, 4.69) is 71.0 Å². The largest absolute Gasteiger partial charge is 0.0704 e. The fourth-order valence-electron chi connectivity index (χ4n) is 4.11. The molecule has 1 aromatic rings. The van der Waals surface area contributed by atoms with Crippen molar-refractivity contribution in [2.45, 2.75) is 66.2 Å². The van der Waals surface area contributed by atoms with Crippen molar-refractivity contribution in [3.63, 3.8) is 0 Å². The molecular weight excluding hydrogens is 276 g/mol. The molecule has 0 heteroatoms. The highest BCUT2D eigenvalue weighted by molar-refractivity contribution is 5.77. The quantitative estimate of drug-likeness (QED) is 0.511. The van der Waals surface area contributed by atoms with Crippen LogP contribution in [0.5, 0.6) is 0 Å². The molecule has 23 heavy (non-hydrogen) atoms. The Balaban J connectivity index is 1.98. The number of fused-ring (bicyclic) bond motifs is 1. The molecule has 1 atom stereocenters. The van der Waals surface area contributed by atoms with Crippen molar-refractivity contribution < 1.29 is 0 Å². The summed E-state index contributed by atoms with van der Waals surface area (Å²) in [6, 6.07) is 9.04. The molecule has 3 rings (SSSR count). The van der Waals surface area contributed by atoms with Crippen LogP contribution in [0.3, 0.4) is 0 Å². The van der Waals surface area contributed by atoms with Crippen molar-refractivity contribution in [3.8, 4) is 0 Å². The maximum absolute atomic E-state index is 2.55. The minimum atomic E-state index is 0.202. The lowest BCUT2D eigenvalue weighted by Gasteiger charge is -2.17. The van der Waals surface area contributed by atoms with Gasteiger partial charge in [0.1, 0.15) is 0 Å². The van der Waals surface area contributed by atoms with Crippen LogP contribution in [0.2, 0.25) is 0 Å². The van der Waals surface area contributed by atoms with Crippen LogP contribution in [0.1, 0.15) is 77.3 Å². The Kier molecular flexibility index (Phi) is 4.36. The van der Waals surface area contributed by atoms with E-state index in [4.69, 9.17) is 0 Å². The highest BCUT2D eigenvalue weighted by Gasteiger charge is 2.33. The second-order valence-electron chi connectivity index (χ2n) is 7.79. The number of hydrogen-bond donors (Lipinski definition) is 0. The Morgan fingerprint density at radius 3 is 2.43 bits per heavy atom. The third-order valence-electron chi connectivity index (χ3n) is 5.87. The van der Waals surface area contributed by atoms with Crippen molar-refractivity contribution in [2.24, 2.45) is 5.41 Å². The zero-order valence-corrected chi connectivity index (χ0v) is 15.4. The first-order valence-corrected chi connectivity index (χ1v) is 9.16. The Morgan fingerprint density at radius 1 is 1.04 bits per heavy atom. The fraction of sp³-hybridized carbons (Fsp3) is 0.478. The molecule has 0 spiro atoms. The van der Waals surface area contributed by atoms with Gasteiger partial charge in [-0.2, -0.15) is 0 Å². The molecule has 0 heterocycles. The molecule has 0 nitrogen and oxygen atoms in total. The second kappa shape index (κ2) is 6.15. The summed E-state index contributed by atoms with van der Waals surface area (Å²) in [5.74, 6) is 0.458. The fourth-order valence-corrected chi connectivity index (χ4v) is 4.11. The molecule has 1 unspecified atom stereocenters. The standard InChI is InChI=1S/C23H30/c1-6-7-8-11-18-14-21(20-13-10-9-12-19(18)20)22-15-23(4,5)17(3)16(22)2/h9-10,12-15,21H,6-8,11H2,1-5H3. The second-order valence-corrected chi connectivity index (χ2v) is 7.79. The average Bonchev–Trinajstić information content (AvgIpc) is 2.99. The van der Waals surface area contributed by atoms with Crippen molar-refractivity contribution >= 4 is 5.57 Å². The van der Waals surface area contributed by atoms with Gasteiger partial charge in [-0.1, -0.05) is 75.6 Å². The van der Waals surface area contributed by atoms with Crippen LogP contribution in [0.25, 0.3) is 5.57 Å². The summed E-state index contributed by atoms with van der Waals surface area (Å²) in [6.45, 7) is 11.6. The van der Waals surface area contributed by atoms with Gasteiger partial charge in [-0.25, -0.2) is 0 Å². The predicted octanol–water partition coefficient (Wildman–Crippen LogP) is 7.05. The Bertz CT molecular complexity index is 695. The van der Waals surface area contributed by atoms with E-state index in [0.717, 1.165) is 0 Å². The van der Waals surface area contributed by atoms with Crippen LogP contribution >= 0.6 is 0 Å². The molecule has 1 aromatic carbocycles. The van der Waals surface area contributed by atoms with Crippen molar-refractivity contribution in [2.75, 3.05) is 0 Å². The molecule has 0 N–H and O–H groups in total. The van der Waals surface area contributed by atoms with Crippen LogP contribution in [-0.2, 0) is 0 Å². The molecule has 0 aromatic heterocycles. The zero-order valence-electron chi connectivity index (χ0n) is 15.4. The van der Waals surface area contributed by atoms with E-state index < -0.39 is 0 Å². The highest BCUT2D eigenvalue weighted by atomic mass is 14.4. The SMILES string of the molecule is CCCCCC1=CC(C2=CC(C)(C)C(C)=C2C)c2ccccc21. The van der Waals surface area contributed by atoms with Gasteiger partial charge in [0.25, 0.3) is 0 Å². The Labute approximate surface area is 142 Å². The van der Waals surface area contributed by atoms with Crippen LogP contribution in [0.4, 0.5) is 0 Å². The van der Waals surface area contributed by atoms with Crippen molar-refractivity contribution in [1.29, 1.82) is 0 Å². The van der Waals surface area contributed by atoms with E-state index >= 15 is 0 Å². The van der Waals surface area contributed by atoms with Crippen molar-refractivity contribution in [3.05, 3.63) is 64.3 Å². The molecule has 2 aliphatic rings. The van der Waals surface area contributed by atoms with Crippen LogP contribution in [0, 0.1) is 5.41 Å². The van der Waals surface area contributed by atoms with Gasteiger partial charge in [0.2, 0.25) is 0 Å². The van der Waals surface area contributed by atoms with E-state index in [-0.39, 0.29) is 5.41 Å². The van der Waals surface area contributed by atoms with E-state index in [1.54, 1.807) is 5.57 Å². The lowest BCUT2D eigenvalue weighted by atomic mass is 9.87. The molecule has 122 valence electrons. The monoisotopic (exact) mass is 306 g/mol. The summed E-state index contributed by atoms with van der Waals surface area (Å²) in [5, 5.41) is 0. The normalized spacial score (nSPS) is 22.2. The minimum Gasteiger partial charge on any atom is -0.0704 e. The summed E-state index contributed by atoms with van der Waals surface area (Å²) in [5.41, 5.74) is 9.33. The van der Waals surface area contributed by atoms with Gasteiger partial charge >= 0.3 is 0 Å². The molecule has 0 radical (unpaired) electrons. The molecule has 0 amide bonds. The number of allylic oxidation sites excluding steroid dienone is 6. The number of rotatable bonds is 5. The molecule has 0 bridgehead atoms. The van der Waals surface area contributed by atoms with Crippen LogP contribution in [-0.4, -0.2) is 0 Å². The first-order chi connectivity index (χ1) is 11.0. The molecule has 0 aliphatic heterocycles. The lowest BCUT2D eigenvalue weighted by Crippen LogP contribution is -2.05. The highest BCUT2D eigenvalue weighted by Crippen LogP contribution is 2.50. The van der Waals surface area contributed by atoms with Gasteiger partial charge < -0.3 is 0 Å². The van der Waals surface area contributed by atoms with Crippen LogP contribution in [0.15, 0.2) is 53.1 Å². The summed E-state index contributed by atoms with van der Waals surface area (Å²) in [4.78, 5) is 0. The molecule has 0 saturated carbocycles. The summed E-state index contributed by atoms with van der Waals surface area (Å²) in [7, 11) is 0. The molecule has 2 aliphatic carbocycles. The van der Waals surface area contributed by atoms with Gasteiger partial charge in [0.15, 0.2) is 0 Å². The first-order valence-electron chi connectivity index (χ1n) is 9.16.